The molecule has 0 saturated carbocycles. The van der Waals surface area contributed by atoms with Crippen molar-refractivity contribution in [3.8, 4) is 9.75 Å². The Hall–Kier alpha value is 0.313. The van der Waals surface area contributed by atoms with Gasteiger partial charge in [0.25, 0.3) is 0 Å². The summed E-state index contributed by atoms with van der Waals surface area (Å²) in [7, 11) is 4.76. The summed E-state index contributed by atoms with van der Waals surface area (Å²) in [5, 5.41) is 5.16. The van der Waals surface area contributed by atoms with Crippen LogP contribution in [0.4, 0.5) is 0 Å². The van der Waals surface area contributed by atoms with Crippen LogP contribution in [0.1, 0.15) is 0 Å². The third-order valence-electron chi connectivity index (χ3n) is 1.24. The number of rotatable bonds is 1. The molecule has 4 heteroatoms. The average molecular weight is 266 g/mol. The fourth-order valence-corrected chi connectivity index (χ4v) is 2.27. The molecule has 2 heterocycles. The second kappa shape index (κ2) is 5.87. The molecule has 0 aliphatic heterocycles. The fraction of sp³-hybridized carbons (Fsp3) is 0. The molecular weight excluding hydrogens is 261 g/mol. The van der Waals surface area contributed by atoms with Gasteiger partial charge < -0.3 is 0 Å². The first kappa shape index (κ1) is 10.4. The fourth-order valence-electron chi connectivity index (χ4n) is 0.792. The van der Waals surface area contributed by atoms with Gasteiger partial charge in [-0.15, -0.1) is 10.3 Å². The summed E-state index contributed by atoms with van der Waals surface area (Å²) >= 11 is 4.28. The van der Waals surface area contributed by atoms with Gasteiger partial charge in [0, 0.05) is 0 Å². The second-order valence-corrected chi connectivity index (χ2v) is 3.72. The van der Waals surface area contributed by atoms with E-state index >= 15 is 0 Å². The number of hydrogen-bond acceptors (Lipinski definition) is 2. The van der Waals surface area contributed by atoms with Crippen LogP contribution >= 0.6 is 32.4 Å². The molecule has 0 radical (unpaired) electrons. The van der Waals surface area contributed by atoms with Crippen LogP contribution in [0, 0.1) is 5.38 Å². The minimum atomic E-state index is 0.847. The van der Waals surface area contributed by atoms with Crippen molar-refractivity contribution >= 4 is 32.4 Å². The maximum atomic E-state index is 4.76. The molecule has 0 amide bonds. The molecule has 58 valence electrons. The predicted molar refractivity (Wildman–Crippen MR) is 52.3 cm³/mol. The molecule has 2 aromatic heterocycles. The van der Waals surface area contributed by atoms with Gasteiger partial charge in [-0.1, -0.05) is 12.1 Å². The third kappa shape index (κ3) is 2.67. The molecule has 0 N–H and O–H groups in total. The molecule has 0 unspecified atom stereocenters. The summed E-state index contributed by atoms with van der Waals surface area (Å²) in [4.78, 5) is 2.65. The second-order valence-electron chi connectivity index (χ2n) is 1.89. The van der Waals surface area contributed by atoms with Crippen molar-refractivity contribution in [3.63, 3.8) is 0 Å². The van der Waals surface area contributed by atoms with Gasteiger partial charge in [-0.25, -0.2) is 0 Å². The van der Waals surface area contributed by atoms with E-state index in [0.717, 1.165) is 17.3 Å². The van der Waals surface area contributed by atoms with E-state index < -0.39 is 0 Å². The van der Waals surface area contributed by atoms with Gasteiger partial charge in [-0.2, -0.15) is 23.5 Å². The van der Waals surface area contributed by atoms with Crippen LogP contribution in [0.5, 0.6) is 0 Å². The van der Waals surface area contributed by atoms with Gasteiger partial charge in [0.15, 0.2) is 0 Å². The summed E-state index contributed by atoms with van der Waals surface area (Å²) < 4.78 is 0. The third-order valence-corrected chi connectivity index (χ3v) is 3.10. The zero-order chi connectivity index (χ0) is 8.81. The van der Waals surface area contributed by atoms with E-state index in [-0.39, 0.29) is 0 Å². The Labute approximate surface area is 93.9 Å². The van der Waals surface area contributed by atoms with Crippen molar-refractivity contribution in [3.05, 3.63) is 35.0 Å². The molecule has 2 aromatic rings. The topological polar surface area (TPSA) is 0 Å². The molecule has 0 atom stereocenters. The van der Waals surface area contributed by atoms with Crippen LogP contribution in [0.15, 0.2) is 29.6 Å². The molecule has 0 fully saturated rings. The largest absolute Gasteiger partial charge is 0.295 e. The number of halogens is 1. The van der Waals surface area contributed by atoms with Crippen LogP contribution in [0.3, 0.4) is 0 Å². The first-order valence-electron chi connectivity index (χ1n) is 3.23. The van der Waals surface area contributed by atoms with Gasteiger partial charge in [0.05, 0.1) is 0 Å². The molecule has 0 bridgehead atoms. The Bertz CT molecular complexity index is 256. The van der Waals surface area contributed by atoms with Crippen molar-refractivity contribution in [2.45, 2.75) is 0 Å². The molecule has 12 heavy (non-hydrogen) atoms. The Morgan fingerprint density at radius 2 is 2.08 bits per heavy atom. The van der Waals surface area contributed by atoms with E-state index in [1.54, 1.807) is 22.7 Å². The molecule has 0 aromatic carbocycles. The van der Waals surface area contributed by atoms with Crippen LogP contribution in [-0.2, 0) is 17.3 Å². The summed E-state index contributed by atoms with van der Waals surface area (Å²) in [5.41, 5.74) is 0. The first-order valence-corrected chi connectivity index (χ1v) is 8.83. The van der Waals surface area contributed by atoms with Crippen molar-refractivity contribution in [1.82, 2.24) is 0 Å². The summed E-state index contributed by atoms with van der Waals surface area (Å²) in [6.45, 7) is 0. The average Bonchev–Trinajstić information content (AvgIpc) is 2.80. The smallest absolute Gasteiger partial charge is 0.00982 e. The van der Waals surface area contributed by atoms with Crippen LogP contribution in [0.25, 0.3) is 9.75 Å². The first-order chi connectivity index (χ1) is 5.97. The standard InChI is InChI=1S/C8H5S2.ClH.Zn/c1-3-7(9-5-1)8-4-2-6-10-8;;/h1-5H;1H;/q-1;;+2/p-1. The van der Waals surface area contributed by atoms with E-state index in [1.807, 2.05) is 6.07 Å². The maximum absolute atomic E-state index is 4.76. The Balaban J connectivity index is 0.000000336. The normalized spacial score (nSPS) is 8.92. The monoisotopic (exact) mass is 264 g/mol. The minimum absolute atomic E-state index is 0.847. The molecular formula is C8H5ClS2Zn. The zero-order valence-electron chi connectivity index (χ0n) is 6.29. The van der Waals surface area contributed by atoms with Crippen molar-refractivity contribution in [1.29, 1.82) is 0 Å². The Kier molecular flexibility index (Phi) is 5.09. The van der Waals surface area contributed by atoms with Crippen molar-refractivity contribution in [2.24, 2.45) is 0 Å². The number of hydrogen-bond donors (Lipinski definition) is 0. The van der Waals surface area contributed by atoms with E-state index in [0.29, 0.717) is 0 Å². The Morgan fingerprint density at radius 1 is 1.25 bits per heavy atom. The van der Waals surface area contributed by atoms with Gasteiger partial charge in [0.1, 0.15) is 0 Å². The van der Waals surface area contributed by atoms with E-state index in [2.05, 4.69) is 29.0 Å². The summed E-state index contributed by atoms with van der Waals surface area (Å²) in [6.07, 6.45) is 0. The van der Waals surface area contributed by atoms with Gasteiger partial charge in [-0.05, 0) is 10.3 Å². The molecule has 0 saturated heterocycles. The van der Waals surface area contributed by atoms with Gasteiger partial charge in [0.2, 0.25) is 0 Å². The number of thiophene rings is 2. The van der Waals surface area contributed by atoms with Crippen LogP contribution in [-0.4, -0.2) is 0 Å². The van der Waals surface area contributed by atoms with Crippen molar-refractivity contribution < 1.29 is 17.3 Å². The van der Waals surface area contributed by atoms with Gasteiger partial charge in [-0.3, -0.25) is 11.3 Å². The molecule has 2 rings (SSSR count). The summed E-state index contributed by atoms with van der Waals surface area (Å²) in [5.74, 6) is 0. The van der Waals surface area contributed by atoms with E-state index in [9.17, 15) is 0 Å². The molecule has 0 nitrogen and oxygen atoms in total. The minimum Gasteiger partial charge on any atom is -0.295 e. The van der Waals surface area contributed by atoms with E-state index in [1.165, 1.54) is 9.75 Å². The SMILES string of the molecule is [Cl][Zn+].[c-]1ccc(-c2cccs2)s1. The molecule has 0 aliphatic carbocycles. The van der Waals surface area contributed by atoms with Gasteiger partial charge >= 0.3 is 27.0 Å². The van der Waals surface area contributed by atoms with E-state index in [4.69, 9.17) is 9.69 Å². The van der Waals surface area contributed by atoms with Crippen molar-refractivity contribution in [2.75, 3.05) is 0 Å². The van der Waals surface area contributed by atoms with Crippen LogP contribution < -0.4 is 0 Å². The van der Waals surface area contributed by atoms with Crippen LogP contribution in [0.2, 0.25) is 0 Å². The molecule has 0 aliphatic rings. The predicted octanol–water partition coefficient (Wildman–Crippen LogP) is 3.96. The molecule has 0 spiro atoms. The Morgan fingerprint density at radius 3 is 2.58 bits per heavy atom. The maximum Gasteiger partial charge on any atom is -0.00982 e. The summed E-state index contributed by atoms with van der Waals surface area (Å²) in [6, 6.07) is 8.25. The zero-order valence-corrected chi connectivity index (χ0v) is 11.6. The quantitative estimate of drug-likeness (QED) is 0.541.